The Morgan fingerprint density at radius 3 is 2.55 bits per heavy atom. The molecule has 1 aromatic carbocycles. The monoisotopic (exact) mass is 469 g/mol. The molecule has 176 valence electrons. The van der Waals surface area contributed by atoms with Crippen LogP contribution >= 0.6 is 10.0 Å². The van der Waals surface area contributed by atoms with E-state index < -0.39 is 21.4 Å². The minimum Gasteiger partial charge on any atom is -0.378 e. The maximum absolute atomic E-state index is 14.8. The topological polar surface area (TPSA) is 52.2 Å². The fraction of sp³-hybridized carbons (Fsp3) is 0.458. The van der Waals surface area contributed by atoms with Crippen molar-refractivity contribution in [2.45, 2.75) is 39.6 Å². The summed E-state index contributed by atoms with van der Waals surface area (Å²) in [6, 6.07) is 3.31. The minimum absolute atomic E-state index is 0.274. The van der Waals surface area contributed by atoms with Gasteiger partial charge in [-0.05, 0) is 51.7 Å². The molecule has 5 nitrogen and oxygen atoms in total. The van der Waals surface area contributed by atoms with Gasteiger partial charge in [-0.2, -0.15) is 5.10 Å². The van der Waals surface area contributed by atoms with Gasteiger partial charge in [0.05, 0.1) is 17.7 Å². The summed E-state index contributed by atoms with van der Waals surface area (Å²) in [5.74, 6) is 6.19. The van der Waals surface area contributed by atoms with E-state index in [2.05, 4.69) is 36.8 Å². The summed E-state index contributed by atoms with van der Waals surface area (Å²) in [4.78, 5) is 0. The molecular formula is C24H34B2FN3O2S. The van der Waals surface area contributed by atoms with Crippen LogP contribution in [0.25, 0.3) is 22.0 Å². The highest BCUT2D eigenvalue weighted by Crippen LogP contribution is 2.33. The Kier molecular flexibility index (Phi) is 7.42. The number of hydrogen-bond donors (Lipinski definition) is 1. The molecule has 9 heteroatoms. The van der Waals surface area contributed by atoms with Crippen molar-refractivity contribution < 1.29 is 14.2 Å². The molecule has 1 N–H and O–H groups in total. The third-order valence-electron chi connectivity index (χ3n) is 5.52. The molecular weight excluding hydrogens is 435 g/mol. The van der Waals surface area contributed by atoms with Crippen LogP contribution in [0.5, 0.6) is 0 Å². The van der Waals surface area contributed by atoms with Gasteiger partial charge >= 0.3 is 0 Å². The van der Waals surface area contributed by atoms with Gasteiger partial charge in [0.1, 0.15) is 18.1 Å². The molecule has 3 rings (SSSR count). The first-order chi connectivity index (χ1) is 15.3. The second-order valence-corrected chi connectivity index (χ2v) is 14.5. The van der Waals surface area contributed by atoms with Gasteiger partial charge < -0.3 is 14.4 Å². The number of aliphatic hydroxyl groups is 1. The number of benzene rings is 1. The predicted molar refractivity (Wildman–Crippen MR) is 145 cm³/mol. The Hall–Kier alpha value is -2.14. The predicted octanol–water partition coefficient (Wildman–Crippen LogP) is 0.971. The average Bonchev–Trinajstić information content (AvgIpc) is 3.17. The second-order valence-electron chi connectivity index (χ2n) is 9.86. The lowest BCUT2D eigenvalue weighted by Crippen LogP contribution is -2.22. The molecule has 0 radical (unpaired) electrons. The van der Waals surface area contributed by atoms with E-state index in [0.29, 0.717) is 13.3 Å². The zero-order valence-corrected chi connectivity index (χ0v) is 21.9. The first-order valence-electron chi connectivity index (χ1n) is 11.2. The number of aryl methyl sites for hydroxylation is 1. The summed E-state index contributed by atoms with van der Waals surface area (Å²) in [6.45, 7) is 7.05. The van der Waals surface area contributed by atoms with Gasteiger partial charge in [-0.1, -0.05) is 11.8 Å². The zero-order valence-electron chi connectivity index (χ0n) is 21.0. The van der Waals surface area contributed by atoms with Gasteiger partial charge in [0, 0.05) is 46.2 Å². The molecule has 0 atom stereocenters. The highest BCUT2D eigenvalue weighted by Gasteiger charge is 2.20. The molecule has 0 fully saturated rings. The molecule has 0 spiro atoms. The van der Waals surface area contributed by atoms with E-state index in [1.807, 2.05) is 31.9 Å². The van der Waals surface area contributed by atoms with E-state index in [4.69, 9.17) is 9.84 Å². The Balaban J connectivity index is 2.04. The molecule has 3 aromatic rings. The van der Waals surface area contributed by atoms with E-state index in [0.717, 1.165) is 45.5 Å². The van der Waals surface area contributed by atoms with Crippen LogP contribution < -0.4 is 11.2 Å². The van der Waals surface area contributed by atoms with Crippen LogP contribution in [-0.4, -0.2) is 71.9 Å². The van der Waals surface area contributed by atoms with Crippen LogP contribution in [0.3, 0.4) is 0 Å². The van der Waals surface area contributed by atoms with Gasteiger partial charge in [0.25, 0.3) is 0 Å². The van der Waals surface area contributed by atoms with Gasteiger partial charge in [-0.15, -0.1) is 0 Å². The number of hydrogen-bond acceptors (Lipinski definition) is 3. The number of halogens is 1. The highest BCUT2D eigenvalue weighted by atomic mass is 32.3. The molecule has 0 unspecified atom stereocenters. The van der Waals surface area contributed by atoms with Crippen LogP contribution in [0, 0.1) is 17.7 Å². The number of ether oxygens (including phenoxy) is 1. The number of rotatable bonds is 7. The first kappa shape index (κ1) is 25.5. The summed E-state index contributed by atoms with van der Waals surface area (Å²) in [7, 11) is 3.44. The Labute approximate surface area is 199 Å². The maximum atomic E-state index is 14.8. The smallest absolute Gasteiger partial charge is 0.167 e. The van der Waals surface area contributed by atoms with E-state index >= 15 is 0 Å². The Bertz CT molecular complexity index is 1230. The van der Waals surface area contributed by atoms with E-state index in [1.165, 1.54) is 6.07 Å². The van der Waals surface area contributed by atoms with E-state index in [9.17, 15) is 9.50 Å². The third-order valence-corrected chi connectivity index (χ3v) is 6.91. The summed E-state index contributed by atoms with van der Waals surface area (Å²) in [6.07, 6.45) is 8.90. The maximum Gasteiger partial charge on any atom is 0.167 e. The Morgan fingerprint density at radius 1 is 1.24 bits per heavy atom. The zero-order chi connectivity index (χ0) is 24.6. The number of nitrogens with zero attached hydrogens (tertiary/aromatic N) is 3. The molecule has 33 heavy (non-hydrogen) atoms. The van der Waals surface area contributed by atoms with Gasteiger partial charge in [0.2, 0.25) is 0 Å². The van der Waals surface area contributed by atoms with Crippen molar-refractivity contribution in [3.63, 3.8) is 0 Å². The van der Waals surface area contributed by atoms with Crippen molar-refractivity contribution in [2.24, 2.45) is 0 Å². The van der Waals surface area contributed by atoms with Crippen molar-refractivity contribution in [1.29, 1.82) is 0 Å². The van der Waals surface area contributed by atoms with Crippen molar-refractivity contribution in [3.05, 3.63) is 29.7 Å². The van der Waals surface area contributed by atoms with Crippen molar-refractivity contribution >= 4 is 47.8 Å². The summed E-state index contributed by atoms with van der Waals surface area (Å²) >= 11 is 0. The molecule has 0 amide bonds. The molecule has 0 bridgehead atoms. The van der Waals surface area contributed by atoms with Gasteiger partial charge in [-0.25, -0.2) is 14.4 Å². The fourth-order valence-electron chi connectivity index (χ4n) is 3.76. The number of fused-ring (bicyclic) bond motifs is 1. The normalized spacial score (nSPS) is 12.7. The van der Waals surface area contributed by atoms with Crippen LogP contribution in [0.15, 0.2) is 18.3 Å². The highest BCUT2D eigenvalue weighted by molar-refractivity contribution is 8.32. The lowest BCUT2D eigenvalue weighted by Gasteiger charge is -2.24. The molecule has 0 aliphatic rings. The SMILES string of the molecule is Bc1nn(COCCS(C)(C)C)c(B)c1-c1cn(CC)c2cc(F)c(C#CC(C)(C)O)cc12. The van der Waals surface area contributed by atoms with Crippen LogP contribution in [0.4, 0.5) is 4.39 Å². The van der Waals surface area contributed by atoms with Crippen molar-refractivity contribution in [1.82, 2.24) is 14.3 Å². The Morgan fingerprint density at radius 2 is 1.94 bits per heavy atom. The summed E-state index contributed by atoms with van der Waals surface area (Å²) < 4.78 is 24.7. The van der Waals surface area contributed by atoms with E-state index in [-0.39, 0.29) is 5.56 Å². The second kappa shape index (κ2) is 9.61. The van der Waals surface area contributed by atoms with Crippen molar-refractivity contribution in [2.75, 3.05) is 31.1 Å². The van der Waals surface area contributed by atoms with Crippen LogP contribution in [0.2, 0.25) is 0 Å². The van der Waals surface area contributed by atoms with Crippen molar-refractivity contribution in [3.8, 4) is 23.0 Å². The quantitative estimate of drug-likeness (QED) is 0.319. The van der Waals surface area contributed by atoms with Crippen LogP contribution in [0.1, 0.15) is 26.3 Å². The summed E-state index contributed by atoms with van der Waals surface area (Å²) in [5, 5.41) is 15.6. The largest absolute Gasteiger partial charge is 0.378 e. The lowest BCUT2D eigenvalue weighted by atomic mass is 9.86. The molecule has 0 saturated carbocycles. The molecule has 2 heterocycles. The van der Waals surface area contributed by atoms with Crippen LogP contribution in [-0.2, 0) is 18.0 Å². The first-order valence-corrected chi connectivity index (χ1v) is 14.2. The molecule has 2 aromatic heterocycles. The molecule has 0 saturated heterocycles. The summed E-state index contributed by atoms with van der Waals surface area (Å²) in [5.41, 5.74) is 3.84. The standard InChI is InChI=1S/C24H34B2FN3O2S/c1-7-29-14-18(17-12-16(8-9-24(2,3)31)19(27)13-20(17)29)21-22(25)28-30(23(21)26)15-32-10-11-33(4,5)6/h12-14,31H,7,10-11,15,25-26H2,1-6H3. The lowest BCUT2D eigenvalue weighted by molar-refractivity contribution is 0.0835. The average molecular weight is 469 g/mol. The van der Waals surface area contributed by atoms with Gasteiger partial charge in [0.15, 0.2) is 15.7 Å². The molecule has 0 aliphatic carbocycles. The van der Waals surface area contributed by atoms with E-state index in [1.54, 1.807) is 19.9 Å². The molecule has 0 aliphatic heterocycles. The van der Waals surface area contributed by atoms with Gasteiger partial charge in [-0.3, -0.25) is 4.68 Å². The third kappa shape index (κ3) is 6.06. The number of aromatic nitrogens is 3. The fourth-order valence-corrected chi connectivity index (χ4v) is 4.38. The minimum atomic E-state index is -1.19.